The van der Waals surface area contributed by atoms with Crippen molar-refractivity contribution in [2.24, 2.45) is 0 Å². The number of hydrogen-bond acceptors (Lipinski definition) is 2. The van der Waals surface area contributed by atoms with Crippen LogP contribution < -0.4 is 10.6 Å². The van der Waals surface area contributed by atoms with E-state index in [4.69, 9.17) is 0 Å². The molecule has 0 unspecified atom stereocenters. The number of nitrogens with one attached hydrogen (secondary N) is 2. The maximum atomic E-state index is 12.7. The van der Waals surface area contributed by atoms with E-state index in [1.54, 1.807) is 0 Å². The van der Waals surface area contributed by atoms with Crippen LogP contribution in [0.25, 0.3) is 0 Å². The summed E-state index contributed by atoms with van der Waals surface area (Å²) in [5, 5.41) is 5.86. The third-order valence-electron chi connectivity index (χ3n) is 5.08. The lowest BCUT2D eigenvalue weighted by Gasteiger charge is -2.40. The summed E-state index contributed by atoms with van der Waals surface area (Å²) in [6.45, 7) is 2.29. The van der Waals surface area contributed by atoms with Gasteiger partial charge in [-0.05, 0) is 43.0 Å². The van der Waals surface area contributed by atoms with Gasteiger partial charge in [0, 0.05) is 23.1 Å². The lowest BCUT2D eigenvalue weighted by atomic mass is 9.64. The van der Waals surface area contributed by atoms with Crippen LogP contribution in [0.3, 0.4) is 0 Å². The average molecular weight is 415 g/mol. The van der Waals surface area contributed by atoms with E-state index in [0.717, 1.165) is 40.5 Å². The molecular weight excluding hydrogens is 392 g/mol. The Morgan fingerprint density at radius 2 is 1.85 bits per heavy atom. The maximum Gasteiger partial charge on any atom is 0.230 e. The summed E-state index contributed by atoms with van der Waals surface area (Å²) in [5.74, 6) is -0.0738. The number of amides is 2. The zero-order valence-electron chi connectivity index (χ0n) is 14.8. The largest absolute Gasteiger partial charge is 0.355 e. The quantitative estimate of drug-likeness (QED) is 0.738. The lowest BCUT2D eigenvalue weighted by molar-refractivity contribution is -0.130. The zero-order valence-corrected chi connectivity index (χ0v) is 16.4. The van der Waals surface area contributed by atoms with E-state index in [1.807, 2.05) is 55.5 Å². The monoisotopic (exact) mass is 414 g/mol. The first-order chi connectivity index (χ1) is 12.5. The van der Waals surface area contributed by atoms with Gasteiger partial charge in [0.2, 0.25) is 11.8 Å². The van der Waals surface area contributed by atoms with Gasteiger partial charge in [0.05, 0.1) is 5.41 Å². The van der Waals surface area contributed by atoms with Crippen LogP contribution in [0.2, 0.25) is 0 Å². The first kappa shape index (κ1) is 18.6. The summed E-state index contributed by atoms with van der Waals surface area (Å²) < 4.78 is 0.918. The third kappa shape index (κ3) is 3.98. The lowest BCUT2D eigenvalue weighted by Crippen LogP contribution is -2.49. The van der Waals surface area contributed by atoms with Gasteiger partial charge >= 0.3 is 0 Å². The van der Waals surface area contributed by atoms with Crippen LogP contribution in [-0.4, -0.2) is 18.4 Å². The fourth-order valence-electron chi connectivity index (χ4n) is 3.33. The summed E-state index contributed by atoms with van der Waals surface area (Å²) in [5.41, 5.74) is 2.44. The van der Waals surface area contributed by atoms with Gasteiger partial charge in [-0.25, -0.2) is 0 Å². The zero-order chi connectivity index (χ0) is 18.6. The van der Waals surface area contributed by atoms with Crippen LogP contribution in [0.1, 0.15) is 36.8 Å². The predicted octanol–water partition coefficient (Wildman–Crippen LogP) is 4.32. The first-order valence-corrected chi connectivity index (χ1v) is 9.70. The molecule has 136 valence electrons. The van der Waals surface area contributed by atoms with Gasteiger partial charge in [0.25, 0.3) is 0 Å². The molecule has 0 aromatic heterocycles. The summed E-state index contributed by atoms with van der Waals surface area (Å²) in [6.07, 6.45) is 3.05. The predicted molar refractivity (Wildman–Crippen MR) is 107 cm³/mol. The number of carbonyl (C=O) groups is 2. The smallest absolute Gasteiger partial charge is 0.230 e. The van der Waals surface area contributed by atoms with Gasteiger partial charge < -0.3 is 10.6 Å². The fraction of sp³-hybridized carbons (Fsp3) is 0.333. The minimum Gasteiger partial charge on any atom is -0.355 e. The Balaban J connectivity index is 1.53. The molecule has 2 amide bonds. The molecule has 0 aliphatic heterocycles. The van der Waals surface area contributed by atoms with Crippen LogP contribution >= 0.6 is 15.9 Å². The van der Waals surface area contributed by atoms with E-state index in [0.29, 0.717) is 6.54 Å². The Labute approximate surface area is 162 Å². The second-order valence-corrected chi connectivity index (χ2v) is 7.73. The van der Waals surface area contributed by atoms with Crippen LogP contribution in [0.15, 0.2) is 53.0 Å². The molecule has 5 heteroatoms. The molecular formula is C21H23BrN2O2. The molecule has 2 N–H and O–H groups in total. The van der Waals surface area contributed by atoms with Gasteiger partial charge in [-0.3, -0.25) is 9.59 Å². The molecule has 0 radical (unpaired) electrons. The van der Waals surface area contributed by atoms with E-state index in [2.05, 4.69) is 26.6 Å². The molecule has 0 bridgehead atoms. The number of rotatable bonds is 6. The van der Waals surface area contributed by atoms with Crippen molar-refractivity contribution in [1.82, 2.24) is 5.32 Å². The SMILES string of the molecule is Cc1ccc(Br)cc1NC(=O)CCNC(=O)C1(c2ccccc2)CCC1. The molecule has 3 rings (SSSR count). The van der Waals surface area contributed by atoms with E-state index >= 15 is 0 Å². The van der Waals surface area contributed by atoms with Crippen molar-refractivity contribution in [1.29, 1.82) is 0 Å². The third-order valence-corrected chi connectivity index (χ3v) is 5.57. The Morgan fingerprint density at radius 3 is 2.50 bits per heavy atom. The minimum absolute atomic E-state index is 0.0291. The summed E-state index contributed by atoms with van der Waals surface area (Å²) >= 11 is 3.41. The summed E-state index contributed by atoms with van der Waals surface area (Å²) in [6, 6.07) is 15.7. The highest BCUT2D eigenvalue weighted by Gasteiger charge is 2.45. The molecule has 0 saturated heterocycles. The second kappa shape index (κ2) is 8.04. The highest BCUT2D eigenvalue weighted by molar-refractivity contribution is 9.10. The number of aryl methyl sites for hydroxylation is 1. The summed E-state index contributed by atoms with van der Waals surface area (Å²) in [4.78, 5) is 24.9. The highest BCUT2D eigenvalue weighted by Crippen LogP contribution is 2.43. The molecule has 26 heavy (non-hydrogen) atoms. The molecule has 0 spiro atoms. The van der Waals surface area contributed by atoms with E-state index in [-0.39, 0.29) is 18.2 Å². The van der Waals surface area contributed by atoms with E-state index in [9.17, 15) is 9.59 Å². The molecule has 1 saturated carbocycles. The first-order valence-electron chi connectivity index (χ1n) is 8.91. The maximum absolute atomic E-state index is 12.7. The minimum atomic E-state index is -0.418. The van der Waals surface area contributed by atoms with Gasteiger partial charge in [0.15, 0.2) is 0 Å². The second-order valence-electron chi connectivity index (χ2n) is 6.82. The Kier molecular flexibility index (Phi) is 5.77. The normalized spacial score (nSPS) is 15.0. The van der Waals surface area contributed by atoms with Crippen LogP contribution in [0, 0.1) is 6.92 Å². The molecule has 0 heterocycles. The van der Waals surface area contributed by atoms with Crippen LogP contribution in [0.5, 0.6) is 0 Å². The molecule has 1 aliphatic rings. The number of benzene rings is 2. The Hall–Kier alpha value is -2.14. The Morgan fingerprint density at radius 1 is 1.12 bits per heavy atom. The average Bonchev–Trinajstić information content (AvgIpc) is 2.58. The molecule has 1 aliphatic carbocycles. The van der Waals surface area contributed by atoms with Gasteiger partial charge in [-0.2, -0.15) is 0 Å². The topological polar surface area (TPSA) is 58.2 Å². The van der Waals surface area contributed by atoms with E-state index in [1.165, 1.54) is 0 Å². The van der Waals surface area contributed by atoms with Crippen molar-refractivity contribution >= 4 is 33.4 Å². The van der Waals surface area contributed by atoms with Crippen molar-refractivity contribution in [3.05, 3.63) is 64.1 Å². The highest BCUT2D eigenvalue weighted by atomic mass is 79.9. The molecule has 4 nitrogen and oxygen atoms in total. The van der Waals surface area contributed by atoms with Crippen molar-refractivity contribution in [2.45, 2.75) is 38.0 Å². The van der Waals surface area contributed by atoms with E-state index < -0.39 is 5.41 Å². The van der Waals surface area contributed by atoms with Crippen molar-refractivity contribution in [3.63, 3.8) is 0 Å². The Bertz CT molecular complexity index is 801. The number of hydrogen-bond donors (Lipinski definition) is 2. The van der Waals surface area contributed by atoms with Crippen LogP contribution in [0.4, 0.5) is 5.69 Å². The van der Waals surface area contributed by atoms with Crippen molar-refractivity contribution in [2.75, 3.05) is 11.9 Å². The number of carbonyl (C=O) groups excluding carboxylic acids is 2. The van der Waals surface area contributed by atoms with Crippen LogP contribution in [-0.2, 0) is 15.0 Å². The summed E-state index contributed by atoms with van der Waals surface area (Å²) in [7, 11) is 0. The van der Waals surface area contributed by atoms with Crippen molar-refractivity contribution in [3.8, 4) is 0 Å². The van der Waals surface area contributed by atoms with Crippen molar-refractivity contribution < 1.29 is 9.59 Å². The van der Waals surface area contributed by atoms with Gasteiger partial charge in [-0.1, -0.05) is 58.7 Å². The molecule has 2 aromatic rings. The molecule has 0 atom stereocenters. The standard InChI is InChI=1S/C21H23BrN2O2/c1-15-8-9-17(22)14-18(15)24-19(25)10-13-23-20(26)21(11-5-12-21)16-6-3-2-4-7-16/h2-4,6-9,14H,5,10-13H2,1H3,(H,23,26)(H,24,25). The van der Waals surface area contributed by atoms with Gasteiger partial charge in [-0.15, -0.1) is 0 Å². The van der Waals surface area contributed by atoms with Gasteiger partial charge in [0.1, 0.15) is 0 Å². The fourth-order valence-corrected chi connectivity index (χ4v) is 3.70. The number of anilines is 1. The number of halogens is 1. The molecule has 1 fully saturated rings. The molecule has 2 aromatic carbocycles.